The summed E-state index contributed by atoms with van der Waals surface area (Å²) in [4.78, 5) is 7.05. The van der Waals surface area contributed by atoms with Gasteiger partial charge in [-0.3, -0.25) is 4.90 Å². The summed E-state index contributed by atoms with van der Waals surface area (Å²) in [5.41, 5.74) is 3.71. The number of hydrogen-bond acceptors (Lipinski definition) is 4. The molecule has 0 spiro atoms. The lowest BCUT2D eigenvalue weighted by atomic mass is 9.88. The number of nitrogens with one attached hydrogen (secondary N) is 1. The molecular weight excluding hydrogens is 310 g/mol. The van der Waals surface area contributed by atoms with Crippen molar-refractivity contribution in [2.45, 2.75) is 52.1 Å². The molecule has 0 aliphatic carbocycles. The lowest BCUT2D eigenvalue weighted by Crippen LogP contribution is -2.40. The van der Waals surface area contributed by atoms with Crippen LogP contribution in [0.1, 0.15) is 42.6 Å². The maximum atomic E-state index is 4.74. The van der Waals surface area contributed by atoms with E-state index < -0.39 is 0 Å². The molecule has 1 atom stereocenters. The fourth-order valence-electron chi connectivity index (χ4n) is 4.46. The van der Waals surface area contributed by atoms with Gasteiger partial charge in [0, 0.05) is 30.0 Å². The molecule has 5 nitrogen and oxygen atoms in total. The van der Waals surface area contributed by atoms with Crippen LogP contribution in [0.25, 0.3) is 5.82 Å². The highest BCUT2D eigenvalue weighted by atomic mass is 15.3. The first-order valence-electron chi connectivity index (χ1n) is 9.64. The third-order valence-electron chi connectivity index (χ3n) is 5.99. The number of piperidine rings is 1. The van der Waals surface area contributed by atoms with E-state index in [1.54, 1.807) is 0 Å². The van der Waals surface area contributed by atoms with Crippen molar-refractivity contribution in [3.05, 3.63) is 41.3 Å². The summed E-state index contributed by atoms with van der Waals surface area (Å²) in [6.07, 6.45) is 7.21. The largest absolute Gasteiger partial charge is 0.314 e. The fraction of sp³-hybridized carbons (Fsp3) is 0.600. The second-order valence-corrected chi connectivity index (χ2v) is 7.57. The monoisotopic (exact) mass is 339 g/mol. The van der Waals surface area contributed by atoms with E-state index in [1.807, 2.05) is 29.1 Å². The molecule has 0 radical (unpaired) electrons. The molecular formula is C20H29N5. The van der Waals surface area contributed by atoms with E-state index in [0.29, 0.717) is 0 Å². The predicted octanol–water partition coefficient (Wildman–Crippen LogP) is 2.85. The van der Waals surface area contributed by atoms with Gasteiger partial charge >= 0.3 is 0 Å². The summed E-state index contributed by atoms with van der Waals surface area (Å²) in [7, 11) is 0. The van der Waals surface area contributed by atoms with Crippen LogP contribution < -0.4 is 5.32 Å². The van der Waals surface area contributed by atoms with Gasteiger partial charge in [-0.25, -0.2) is 9.67 Å². The average molecular weight is 339 g/mol. The molecule has 0 bridgehead atoms. The minimum atomic E-state index is 0.775. The van der Waals surface area contributed by atoms with Crippen molar-refractivity contribution in [2.24, 2.45) is 5.92 Å². The molecule has 2 aromatic heterocycles. The Bertz CT molecular complexity index is 694. The van der Waals surface area contributed by atoms with E-state index in [1.165, 1.54) is 56.6 Å². The molecule has 1 N–H and O–H groups in total. The molecule has 2 fully saturated rings. The van der Waals surface area contributed by atoms with Gasteiger partial charge in [-0.15, -0.1) is 0 Å². The van der Waals surface area contributed by atoms with Crippen LogP contribution in [0.3, 0.4) is 0 Å². The Kier molecular flexibility index (Phi) is 4.86. The molecule has 2 saturated heterocycles. The maximum absolute atomic E-state index is 4.74. The summed E-state index contributed by atoms with van der Waals surface area (Å²) in [5, 5.41) is 8.43. The minimum absolute atomic E-state index is 0.775. The third-order valence-corrected chi connectivity index (χ3v) is 5.99. The summed E-state index contributed by atoms with van der Waals surface area (Å²) in [5.74, 6) is 1.78. The van der Waals surface area contributed by atoms with Crippen LogP contribution in [0.15, 0.2) is 24.4 Å². The van der Waals surface area contributed by atoms with Gasteiger partial charge in [0.25, 0.3) is 0 Å². The van der Waals surface area contributed by atoms with Crippen LogP contribution in [0.4, 0.5) is 0 Å². The number of aromatic nitrogens is 3. The first-order valence-corrected chi connectivity index (χ1v) is 9.64. The van der Waals surface area contributed by atoms with E-state index in [-0.39, 0.29) is 0 Å². The van der Waals surface area contributed by atoms with Crippen molar-refractivity contribution in [1.82, 2.24) is 25.0 Å². The number of rotatable bonds is 4. The Morgan fingerprint density at radius 3 is 2.68 bits per heavy atom. The second kappa shape index (κ2) is 7.26. The van der Waals surface area contributed by atoms with Gasteiger partial charge in [-0.2, -0.15) is 5.10 Å². The van der Waals surface area contributed by atoms with Crippen LogP contribution >= 0.6 is 0 Å². The Hall–Kier alpha value is -1.72. The highest BCUT2D eigenvalue weighted by Gasteiger charge is 2.29. The zero-order valence-electron chi connectivity index (χ0n) is 15.4. The number of likely N-dealkylation sites (tertiary alicyclic amines) is 1. The third kappa shape index (κ3) is 3.48. The van der Waals surface area contributed by atoms with Gasteiger partial charge in [0.2, 0.25) is 0 Å². The Morgan fingerprint density at radius 2 is 2.00 bits per heavy atom. The van der Waals surface area contributed by atoms with Crippen LogP contribution in [0.2, 0.25) is 0 Å². The van der Waals surface area contributed by atoms with Crippen LogP contribution in [0, 0.1) is 19.8 Å². The minimum Gasteiger partial charge on any atom is -0.314 e. The molecule has 2 aliphatic heterocycles. The van der Waals surface area contributed by atoms with Crippen molar-refractivity contribution in [2.75, 3.05) is 19.6 Å². The lowest BCUT2D eigenvalue weighted by Gasteiger charge is -2.35. The van der Waals surface area contributed by atoms with E-state index in [9.17, 15) is 0 Å². The number of aryl methyl sites for hydroxylation is 1. The summed E-state index contributed by atoms with van der Waals surface area (Å²) >= 11 is 0. The van der Waals surface area contributed by atoms with Crippen molar-refractivity contribution in [3.8, 4) is 5.82 Å². The molecule has 4 heterocycles. The predicted molar refractivity (Wildman–Crippen MR) is 99.9 cm³/mol. The Labute approximate surface area is 150 Å². The zero-order chi connectivity index (χ0) is 17.2. The van der Waals surface area contributed by atoms with E-state index in [2.05, 4.69) is 29.0 Å². The van der Waals surface area contributed by atoms with Crippen LogP contribution in [-0.2, 0) is 6.54 Å². The fourth-order valence-corrected chi connectivity index (χ4v) is 4.46. The van der Waals surface area contributed by atoms with Crippen LogP contribution in [0.5, 0.6) is 0 Å². The number of nitrogens with zero attached hydrogens (tertiary/aromatic N) is 4. The normalized spacial score (nSPS) is 22.6. The van der Waals surface area contributed by atoms with Gasteiger partial charge in [0.05, 0.1) is 5.69 Å². The molecule has 0 saturated carbocycles. The smallest absolute Gasteiger partial charge is 0.153 e. The van der Waals surface area contributed by atoms with Gasteiger partial charge in [0.1, 0.15) is 0 Å². The Morgan fingerprint density at radius 1 is 1.16 bits per heavy atom. The first-order chi connectivity index (χ1) is 12.2. The highest BCUT2D eigenvalue weighted by molar-refractivity contribution is 5.32. The number of hydrogen-bond donors (Lipinski definition) is 1. The zero-order valence-corrected chi connectivity index (χ0v) is 15.4. The molecule has 134 valence electrons. The summed E-state index contributed by atoms with van der Waals surface area (Å²) in [6.45, 7) is 8.93. The number of pyridine rings is 1. The molecule has 1 unspecified atom stereocenters. The van der Waals surface area contributed by atoms with E-state index in [4.69, 9.17) is 5.10 Å². The molecule has 2 aliphatic rings. The van der Waals surface area contributed by atoms with E-state index >= 15 is 0 Å². The van der Waals surface area contributed by atoms with Crippen molar-refractivity contribution < 1.29 is 0 Å². The van der Waals surface area contributed by atoms with Gasteiger partial charge in [0.15, 0.2) is 5.82 Å². The molecule has 4 rings (SSSR count). The molecule has 2 aromatic rings. The average Bonchev–Trinajstić information content (AvgIpc) is 3.27. The van der Waals surface area contributed by atoms with Crippen molar-refractivity contribution >= 4 is 0 Å². The topological polar surface area (TPSA) is 46.0 Å². The van der Waals surface area contributed by atoms with Gasteiger partial charge in [-0.1, -0.05) is 6.07 Å². The van der Waals surface area contributed by atoms with Gasteiger partial charge in [-0.05, 0) is 77.2 Å². The summed E-state index contributed by atoms with van der Waals surface area (Å²) < 4.78 is 1.99. The standard InChI is InChI=1S/C20H29N5/c1-15-18(16(2)25(23-15)20-7-3-4-10-22-20)14-24-12-8-17(9-13-24)19-6-5-11-21-19/h3-4,7,10,17,19,21H,5-6,8-9,11-14H2,1-2H3. The molecule has 25 heavy (non-hydrogen) atoms. The maximum Gasteiger partial charge on any atom is 0.153 e. The summed E-state index contributed by atoms with van der Waals surface area (Å²) in [6, 6.07) is 6.75. The SMILES string of the molecule is Cc1nn(-c2ccccn2)c(C)c1CN1CCC(C2CCCN2)CC1. The first kappa shape index (κ1) is 16.7. The molecule has 0 aromatic carbocycles. The lowest BCUT2D eigenvalue weighted by molar-refractivity contribution is 0.157. The highest BCUT2D eigenvalue weighted by Crippen LogP contribution is 2.27. The quantitative estimate of drug-likeness (QED) is 0.930. The van der Waals surface area contributed by atoms with Crippen LogP contribution in [-0.4, -0.2) is 45.3 Å². The Balaban J connectivity index is 1.42. The second-order valence-electron chi connectivity index (χ2n) is 7.57. The van der Waals surface area contributed by atoms with Crippen molar-refractivity contribution in [1.29, 1.82) is 0 Å². The van der Waals surface area contributed by atoms with E-state index in [0.717, 1.165) is 30.0 Å². The van der Waals surface area contributed by atoms with Crippen molar-refractivity contribution in [3.63, 3.8) is 0 Å². The molecule has 0 amide bonds. The molecule has 5 heteroatoms. The van der Waals surface area contributed by atoms with Gasteiger partial charge < -0.3 is 5.32 Å².